The third kappa shape index (κ3) is 6.14. The van der Waals surface area contributed by atoms with Crippen molar-refractivity contribution in [3.8, 4) is 6.07 Å². The van der Waals surface area contributed by atoms with Crippen LogP contribution in [0.4, 0.5) is 17.3 Å². The molecule has 2 aliphatic rings. The summed E-state index contributed by atoms with van der Waals surface area (Å²) >= 11 is 6.25. The molecule has 0 aliphatic carbocycles. The van der Waals surface area contributed by atoms with Gasteiger partial charge < -0.3 is 20.0 Å². The Morgan fingerprint density at radius 3 is 2.71 bits per heavy atom. The Kier molecular flexibility index (Phi) is 8.15. The van der Waals surface area contributed by atoms with E-state index in [4.69, 9.17) is 16.6 Å². The van der Waals surface area contributed by atoms with E-state index in [1.165, 1.54) is 0 Å². The molecule has 5 rings (SSSR count). The number of rotatable bonds is 9. The summed E-state index contributed by atoms with van der Waals surface area (Å²) in [5.41, 5.74) is 4.00. The van der Waals surface area contributed by atoms with Crippen LogP contribution in [0.1, 0.15) is 20.3 Å². The van der Waals surface area contributed by atoms with E-state index in [2.05, 4.69) is 45.0 Å². The summed E-state index contributed by atoms with van der Waals surface area (Å²) in [6.45, 7) is 12.6. The van der Waals surface area contributed by atoms with Crippen molar-refractivity contribution in [2.75, 3.05) is 56.5 Å². The minimum absolute atomic E-state index is 0.0605. The Bertz CT molecular complexity index is 1550. The highest BCUT2D eigenvalue weighted by Gasteiger charge is 2.45. The molecule has 41 heavy (non-hydrogen) atoms. The summed E-state index contributed by atoms with van der Waals surface area (Å²) < 4.78 is 3.37. The molecule has 12 heteroatoms. The maximum atomic E-state index is 12.7. The molecule has 1 amide bonds. The Labute approximate surface area is 245 Å². The smallest absolute Gasteiger partial charge is 0.247 e. The summed E-state index contributed by atoms with van der Waals surface area (Å²) in [5, 5.41) is 22.3. The fourth-order valence-electron chi connectivity index (χ4n) is 5.15. The first-order valence-electron chi connectivity index (χ1n) is 13.6. The van der Waals surface area contributed by atoms with Crippen LogP contribution in [-0.4, -0.2) is 86.4 Å². The largest absolute Gasteiger partial charge is 0.367 e. The number of halogens is 1. The Hall–Kier alpha value is -4.14. The Morgan fingerprint density at radius 2 is 2.00 bits per heavy atom. The highest BCUT2D eigenvalue weighted by molar-refractivity contribution is 6.32. The number of hydrogen-bond acceptors (Lipinski definition) is 8. The van der Waals surface area contributed by atoms with Crippen molar-refractivity contribution in [1.82, 2.24) is 34.2 Å². The topological polar surface area (TPSA) is 111 Å². The summed E-state index contributed by atoms with van der Waals surface area (Å²) in [6, 6.07) is 6.31. The van der Waals surface area contributed by atoms with Crippen LogP contribution in [0.3, 0.4) is 0 Å². The predicted octanol–water partition coefficient (Wildman–Crippen LogP) is 3.81. The average Bonchev–Trinajstić information content (AvgIpc) is 3.55. The number of fused-ring (bicyclic) bond motifs is 1. The van der Waals surface area contributed by atoms with Crippen molar-refractivity contribution in [3.05, 3.63) is 65.6 Å². The first kappa shape index (κ1) is 28.4. The zero-order chi connectivity index (χ0) is 29.1. The molecule has 1 N–H and O–H groups in total. The number of anilines is 3. The number of aromatic nitrogens is 5. The second kappa shape index (κ2) is 11.8. The maximum Gasteiger partial charge on any atom is 0.247 e. The predicted molar refractivity (Wildman–Crippen MR) is 160 cm³/mol. The van der Waals surface area contributed by atoms with Crippen LogP contribution < -0.4 is 10.2 Å². The van der Waals surface area contributed by atoms with E-state index in [1.807, 2.05) is 49.2 Å². The fraction of sp³-hybridized carbons (Fsp3) is 0.414. The van der Waals surface area contributed by atoms with Crippen LogP contribution in [-0.2, 0) is 11.3 Å². The van der Waals surface area contributed by atoms with Crippen LogP contribution in [0, 0.1) is 16.7 Å². The van der Waals surface area contributed by atoms with Crippen LogP contribution in [0.25, 0.3) is 5.65 Å². The number of pyridine rings is 1. The summed E-state index contributed by atoms with van der Waals surface area (Å²) in [5.74, 6) is 0.493. The molecule has 0 bridgehead atoms. The summed E-state index contributed by atoms with van der Waals surface area (Å²) in [4.78, 5) is 23.7. The quantitative estimate of drug-likeness (QED) is 0.384. The number of carbonyl (C=O) groups is 1. The normalized spacial score (nSPS) is 17.8. The molecule has 11 nitrogen and oxygen atoms in total. The molecule has 0 radical (unpaired) electrons. The van der Waals surface area contributed by atoms with Crippen LogP contribution in [0.5, 0.6) is 0 Å². The van der Waals surface area contributed by atoms with Gasteiger partial charge in [-0.05, 0) is 44.7 Å². The minimum atomic E-state index is -0.262. The molecule has 5 heterocycles. The molecule has 2 saturated heterocycles. The number of piperazine rings is 1. The van der Waals surface area contributed by atoms with Crippen LogP contribution in [0.15, 0.2) is 65.6 Å². The Morgan fingerprint density at radius 1 is 1.24 bits per heavy atom. The molecule has 0 unspecified atom stereocenters. The number of nitrogens with zero attached hydrogens (tertiary/aromatic N) is 9. The van der Waals surface area contributed by atoms with Crippen LogP contribution in [0.2, 0.25) is 0 Å². The number of hydrogen-bond donors (Lipinski definition) is 1. The molecule has 0 atom stereocenters. The SMILES string of the molecule is C=C(C)/C(Cl)=C\C=C(/C)C1(CC#N)CN(c2cccn3nc(Nc4cnn(CC(=O)N5CCN(C)CC5)c4)nc23)C1. The first-order valence-corrected chi connectivity index (χ1v) is 14.0. The van der Waals surface area contributed by atoms with E-state index in [-0.39, 0.29) is 17.9 Å². The van der Waals surface area contributed by atoms with E-state index in [0.717, 1.165) is 43.0 Å². The van der Waals surface area contributed by atoms with Gasteiger partial charge in [-0.1, -0.05) is 29.8 Å². The zero-order valence-electron chi connectivity index (χ0n) is 23.7. The van der Waals surface area contributed by atoms with Crippen LogP contribution >= 0.6 is 11.6 Å². The molecule has 3 aromatic heterocycles. The molecule has 3 aromatic rings. The lowest BCUT2D eigenvalue weighted by Gasteiger charge is -2.51. The van der Waals surface area contributed by atoms with Gasteiger partial charge in [0.2, 0.25) is 11.9 Å². The molecular formula is C29H35ClN10O. The van der Waals surface area contributed by atoms with Gasteiger partial charge in [0, 0.05) is 68.5 Å². The highest BCUT2D eigenvalue weighted by Crippen LogP contribution is 2.44. The van der Waals surface area contributed by atoms with Gasteiger partial charge >= 0.3 is 0 Å². The van der Waals surface area contributed by atoms with Gasteiger partial charge in [-0.15, -0.1) is 5.10 Å². The summed E-state index contributed by atoms with van der Waals surface area (Å²) in [7, 11) is 2.06. The molecule has 0 spiro atoms. The molecule has 0 saturated carbocycles. The van der Waals surface area contributed by atoms with E-state index in [9.17, 15) is 10.1 Å². The van der Waals surface area contributed by atoms with Gasteiger partial charge in [0.1, 0.15) is 6.54 Å². The fourth-order valence-corrected chi connectivity index (χ4v) is 5.22. The van der Waals surface area contributed by atoms with Gasteiger partial charge in [0.25, 0.3) is 0 Å². The summed E-state index contributed by atoms with van der Waals surface area (Å²) in [6.07, 6.45) is 9.56. The van der Waals surface area contributed by atoms with Crippen molar-refractivity contribution in [2.45, 2.75) is 26.8 Å². The number of nitrogens with one attached hydrogen (secondary N) is 1. The number of carbonyl (C=O) groups excluding carboxylic acids is 1. The van der Waals surface area contributed by atoms with Crippen molar-refractivity contribution < 1.29 is 4.79 Å². The first-order chi connectivity index (χ1) is 19.7. The zero-order valence-corrected chi connectivity index (χ0v) is 24.5. The number of amides is 1. The second-order valence-electron chi connectivity index (χ2n) is 10.9. The molecular weight excluding hydrogens is 540 g/mol. The highest BCUT2D eigenvalue weighted by atomic mass is 35.5. The van der Waals surface area contributed by atoms with Crippen molar-refractivity contribution >= 4 is 40.5 Å². The van der Waals surface area contributed by atoms with E-state index in [1.54, 1.807) is 21.6 Å². The standard InChI is InChI=1S/C29H35ClN10O/c1-21(2)24(30)8-7-22(3)29(9-10-31)19-38(20-29)25-6-5-11-40-27(25)34-28(35-40)33-23-16-32-39(17-23)18-26(41)37-14-12-36(4)13-15-37/h5-8,11,16-17H,1,9,12-15,18-20H2,2-4H3,(H,33,35)/b22-7+,24-8+. The van der Waals surface area contributed by atoms with Gasteiger partial charge in [0.15, 0.2) is 5.65 Å². The molecule has 0 aromatic carbocycles. The monoisotopic (exact) mass is 574 g/mol. The molecule has 214 valence electrons. The second-order valence-corrected chi connectivity index (χ2v) is 11.4. The third-order valence-electron chi connectivity index (χ3n) is 7.85. The minimum Gasteiger partial charge on any atom is -0.367 e. The van der Waals surface area contributed by atoms with Gasteiger partial charge in [-0.25, -0.2) is 4.52 Å². The third-order valence-corrected chi connectivity index (χ3v) is 8.30. The molecule has 2 aliphatic heterocycles. The van der Waals surface area contributed by atoms with E-state index < -0.39 is 0 Å². The van der Waals surface area contributed by atoms with Gasteiger partial charge in [0.05, 0.1) is 23.6 Å². The van der Waals surface area contributed by atoms with E-state index in [0.29, 0.717) is 41.8 Å². The maximum absolute atomic E-state index is 12.7. The lowest BCUT2D eigenvalue weighted by atomic mass is 9.71. The van der Waals surface area contributed by atoms with E-state index >= 15 is 0 Å². The number of nitriles is 1. The lowest BCUT2D eigenvalue weighted by Crippen LogP contribution is -2.57. The van der Waals surface area contributed by atoms with Crippen molar-refractivity contribution in [3.63, 3.8) is 0 Å². The lowest BCUT2D eigenvalue weighted by molar-refractivity contribution is -0.133. The van der Waals surface area contributed by atoms with Crippen molar-refractivity contribution in [2.24, 2.45) is 5.41 Å². The van der Waals surface area contributed by atoms with Gasteiger partial charge in [-0.2, -0.15) is 15.3 Å². The Balaban J connectivity index is 1.27. The number of allylic oxidation sites excluding steroid dienone is 4. The molecule has 2 fully saturated rings. The van der Waals surface area contributed by atoms with Gasteiger partial charge in [-0.3, -0.25) is 9.48 Å². The average molecular weight is 575 g/mol. The van der Waals surface area contributed by atoms with Crippen molar-refractivity contribution in [1.29, 1.82) is 5.26 Å². The number of likely N-dealkylation sites (N-methyl/N-ethyl adjacent to an activating group) is 1.